The summed E-state index contributed by atoms with van der Waals surface area (Å²) in [5, 5.41) is 0.843. The highest BCUT2D eigenvalue weighted by atomic mass is 32.2. The lowest BCUT2D eigenvalue weighted by Gasteiger charge is -2.08. The minimum absolute atomic E-state index is 0.155. The van der Waals surface area contributed by atoms with Crippen LogP contribution in [0, 0.1) is 0 Å². The van der Waals surface area contributed by atoms with Crippen molar-refractivity contribution in [3.63, 3.8) is 0 Å². The third-order valence-corrected chi connectivity index (χ3v) is 4.73. The summed E-state index contributed by atoms with van der Waals surface area (Å²) in [6.45, 7) is 0. The second kappa shape index (κ2) is 6.06. The normalized spacial score (nSPS) is 11.2. The van der Waals surface area contributed by atoms with Gasteiger partial charge in [0, 0.05) is 18.0 Å². The van der Waals surface area contributed by atoms with Crippen molar-refractivity contribution in [3.8, 4) is 0 Å². The van der Waals surface area contributed by atoms with Gasteiger partial charge in [0.05, 0.1) is 16.6 Å². The van der Waals surface area contributed by atoms with Crippen LogP contribution in [0.3, 0.4) is 0 Å². The molecule has 2 N–H and O–H groups in total. The molecule has 0 saturated heterocycles. The SMILES string of the molecule is Nn1c(SCc2cc(=O)n3ccccc3n2)nc2ccccc2c1=O. The van der Waals surface area contributed by atoms with Gasteiger partial charge >= 0.3 is 0 Å². The Balaban J connectivity index is 1.70. The fraction of sp³-hybridized carbons (Fsp3) is 0.0588. The monoisotopic (exact) mass is 351 g/mol. The van der Waals surface area contributed by atoms with Crippen molar-refractivity contribution < 1.29 is 0 Å². The molecule has 0 radical (unpaired) electrons. The van der Waals surface area contributed by atoms with Crippen LogP contribution >= 0.6 is 11.8 Å². The number of aromatic nitrogens is 4. The number of hydrogen-bond acceptors (Lipinski definition) is 6. The first-order valence-electron chi connectivity index (χ1n) is 7.50. The fourth-order valence-electron chi connectivity index (χ4n) is 2.54. The van der Waals surface area contributed by atoms with Gasteiger partial charge in [0.1, 0.15) is 5.65 Å². The zero-order valence-corrected chi connectivity index (χ0v) is 13.8. The second-order valence-electron chi connectivity index (χ2n) is 5.39. The molecule has 0 atom stereocenters. The summed E-state index contributed by atoms with van der Waals surface area (Å²) in [6, 6.07) is 13.9. The van der Waals surface area contributed by atoms with Gasteiger partial charge < -0.3 is 5.84 Å². The van der Waals surface area contributed by atoms with Crippen molar-refractivity contribution in [2.24, 2.45) is 0 Å². The highest BCUT2D eigenvalue weighted by Gasteiger charge is 2.10. The van der Waals surface area contributed by atoms with Crippen LogP contribution in [0.5, 0.6) is 0 Å². The largest absolute Gasteiger partial charge is 0.334 e. The molecule has 124 valence electrons. The van der Waals surface area contributed by atoms with E-state index < -0.39 is 0 Å². The summed E-state index contributed by atoms with van der Waals surface area (Å²) in [5.74, 6) is 6.25. The number of nitrogens with two attached hydrogens (primary N) is 1. The Morgan fingerprint density at radius 1 is 1.04 bits per heavy atom. The van der Waals surface area contributed by atoms with Gasteiger partial charge in [-0.25, -0.2) is 14.6 Å². The van der Waals surface area contributed by atoms with Crippen molar-refractivity contribution in [2.45, 2.75) is 10.9 Å². The number of para-hydroxylation sites is 1. The van der Waals surface area contributed by atoms with Crippen molar-refractivity contribution in [1.29, 1.82) is 0 Å². The number of nitrogens with zero attached hydrogens (tertiary/aromatic N) is 4. The van der Waals surface area contributed by atoms with Crippen molar-refractivity contribution in [3.05, 3.63) is 81.1 Å². The van der Waals surface area contributed by atoms with Crippen molar-refractivity contribution in [2.75, 3.05) is 5.84 Å². The number of rotatable bonds is 3. The molecule has 25 heavy (non-hydrogen) atoms. The van der Waals surface area contributed by atoms with E-state index in [0.29, 0.717) is 33.2 Å². The van der Waals surface area contributed by atoms with E-state index in [9.17, 15) is 9.59 Å². The van der Waals surface area contributed by atoms with Crippen molar-refractivity contribution >= 4 is 28.3 Å². The second-order valence-corrected chi connectivity index (χ2v) is 6.33. The van der Waals surface area contributed by atoms with Gasteiger partial charge in [0.15, 0.2) is 5.16 Å². The topological polar surface area (TPSA) is 95.3 Å². The maximum absolute atomic E-state index is 12.3. The van der Waals surface area contributed by atoms with Crippen LogP contribution in [0.15, 0.2) is 69.5 Å². The summed E-state index contributed by atoms with van der Waals surface area (Å²) in [7, 11) is 0. The van der Waals surface area contributed by atoms with Gasteiger partial charge in [-0.1, -0.05) is 30.0 Å². The zero-order valence-electron chi connectivity index (χ0n) is 13.0. The molecule has 0 spiro atoms. The number of thioether (sulfide) groups is 1. The molecule has 3 aromatic heterocycles. The lowest BCUT2D eigenvalue weighted by Crippen LogP contribution is -2.29. The maximum Gasteiger partial charge on any atom is 0.280 e. The van der Waals surface area contributed by atoms with Crippen LogP contribution in [0.2, 0.25) is 0 Å². The molecule has 0 amide bonds. The van der Waals surface area contributed by atoms with Crippen LogP contribution in [0.25, 0.3) is 16.6 Å². The number of benzene rings is 1. The van der Waals surface area contributed by atoms with E-state index in [-0.39, 0.29) is 11.1 Å². The average Bonchev–Trinajstić information content (AvgIpc) is 2.63. The van der Waals surface area contributed by atoms with Crippen LogP contribution in [0.4, 0.5) is 0 Å². The molecular formula is C17H13N5O2S. The van der Waals surface area contributed by atoms with Gasteiger partial charge in [-0.05, 0) is 24.3 Å². The standard InChI is InChI=1S/C17H13N5O2S/c18-22-16(24)12-5-1-2-6-13(12)20-17(22)25-10-11-9-15(23)21-8-4-3-7-14(21)19-11/h1-9H,10,18H2. The van der Waals surface area contributed by atoms with Gasteiger partial charge in [0.25, 0.3) is 11.1 Å². The van der Waals surface area contributed by atoms with E-state index in [0.717, 1.165) is 4.68 Å². The molecule has 0 saturated carbocycles. The molecule has 0 aliphatic rings. The van der Waals surface area contributed by atoms with E-state index >= 15 is 0 Å². The molecule has 0 fully saturated rings. The van der Waals surface area contributed by atoms with Crippen molar-refractivity contribution in [1.82, 2.24) is 19.0 Å². The summed E-state index contributed by atoms with van der Waals surface area (Å²) >= 11 is 1.26. The van der Waals surface area contributed by atoms with Crippen LogP contribution < -0.4 is 17.0 Å². The summed E-state index contributed by atoms with van der Waals surface area (Å²) in [5.41, 5.74) is 1.30. The predicted octanol–water partition coefficient (Wildman–Crippen LogP) is 1.41. The molecule has 0 aliphatic carbocycles. The molecule has 0 aliphatic heterocycles. The Morgan fingerprint density at radius 3 is 2.72 bits per heavy atom. The molecule has 0 unspecified atom stereocenters. The molecule has 3 heterocycles. The Bertz CT molecular complexity index is 1220. The van der Waals surface area contributed by atoms with Gasteiger partial charge in [-0.15, -0.1) is 0 Å². The first-order chi connectivity index (χ1) is 12.1. The van der Waals surface area contributed by atoms with Gasteiger partial charge in [-0.2, -0.15) is 0 Å². The zero-order chi connectivity index (χ0) is 17.4. The van der Waals surface area contributed by atoms with Crippen LogP contribution in [-0.4, -0.2) is 19.0 Å². The summed E-state index contributed by atoms with van der Waals surface area (Å²) < 4.78 is 2.50. The summed E-state index contributed by atoms with van der Waals surface area (Å²) in [6.07, 6.45) is 1.67. The number of hydrogen-bond donors (Lipinski definition) is 1. The Morgan fingerprint density at radius 2 is 1.84 bits per heavy atom. The average molecular weight is 351 g/mol. The quantitative estimate of drug-likeness (QED) is 0.341. The number of pyridine rings is 1. The molecule has 4 aromatic rings. The smallest absolute Gasteiger partial charge is 0.280 e. The van der Waals surface area contributed by atoms with E-state index in [4.69, 9.17) is 5.84 Å². The van der Waals surface area contributed by atoms with E-state index in [1.165, 1.54) is 22.2 Å². The summed E-state index contributed by atoms with van der Waals surface area (Å²) in [4.78, 5) is 33.3. The lowest BCUT2D eigenvalue weighted by atomic mass is 10.2. The molecule has 4 rings (SSSR count). The van der Waals surface area contributed by atoms with E-state index in [1.54, 1.807) is 36.5 Å². The first-order valence-corrected chi connectivity index (χ1v) is 8.49. The van der Waals surface area contributed by atoms with Gasteiger partial charge in [-0.3, -0.25) is 14.0 Å². The molecule has 1 aromatic carbocycles. The first kappa shape index (κ1) is 15.4. The van der Waals surface area contributed by atoms with E-state index in [2.05, 4.69) is 9.97 Å². The molecule has 7 nitrogen and oxygen atoms in total. The minimum atomic E-state index is -0.306. The molecular weight excluding hydrogens is 338 g/mol. The lowest BCUT2D eigenvalue weighted by molar-refractivity contribution is 0.779. The Kier molecular flexibility index (Phi) is 3.73. The Hall–Kier alpha value is -3.13. The van der Waals surface area contributed by atoms with E-state index in [1.807, 2.05) is 12.1 Å². The molecule has 0 bridgehead atoms. The van der Waals surface area contributed by atoms with Crippen LogP contribution in [0.1, 0.15) is 5.69 Å². The number of fused-ring (bicyclic) bond motifs is 2. The van der Waals surface area contributed by atoms with Crippen LogP contribution in [-0.2, 0) is 5.75 Å². The third kappa shape index (κ3) is 2.76. The Labute approximate surface area is 145 Å². The minimum Gasteiger partial charge on any atom is -0.334 e. The molecule has 8 heteroatoms. The van der Waals surface area contributed by atoms with Gasteiger partial charge in [0.2, 0.25) is 0 Å². The number of nitrogen functional groups attached to an aromatic ring is 1. The fourth-order valence-corrected chi connectivity index (χ4v) is 3.35. The highest BCUT2D eigenvalue weighted by molar-refractivity contribution is 7.98. The third-order valence-electron chi connectivity index (χ3n) is 3.75. The maximum atomic E-state index is 12.3. The predicted molar refractivity (Wildman–Crippen MR) is 97.2 cm³/mol. The highest BCUT2D eigenvalue weighted by Crippen LogP contribution is 2.19.